The summed E-state index contributed by atoms with van der Waals surface area (Å²) in [6.45, 7) is 5.66. The van der Waals surface area contributed by atoms with Gasteiger partial charge in [0.1, 0.15) is 0 Å². The largest absolute Gasteiger partial charge is 0.387 e. The summed E-state index contributed by atoms with van der Waals surface area (Å²) in [7, 11) is 0. The Bertz CT molecular complexity index is 939. The fourth-order valence-corrected chi connectivity index (χ4v) is 4.52. The molecule has 1 atom stereocenters. The average Bonchev–Trinajstić information content (AvgIpc) is 3.14. The minimum atomic E-state index is -0.803. The van der Waals surface area contributed by atoms with Gasteiger partial charge in [0.15, 0.2) is 0 Å². The smallest absolute Gasteiger partial charge is 0.253 e. The fourth-order valence-electron chi connectivity index (χ4n) is 4.52. The van der Waals surface area contributed by atoms with Crippen LogP contribution in [0.2, 0.25) is 0 Å². The first kappa shape index (κ1) is 20.7. The van der Waals surface area contributed by atoms with Crippen molar-refractivity contribution >= 4 is 5.91 Å². The highest BCUT2D eigenvalue weighted by Gasteiger charge is 2.39. The van der Waals surface area contributed by atoms with Crippen molar-refractivity contribution in [2.45, 2.75) is 38.3 Å². The third kappa shape index (κ3) is 4.76. The first-order chi connectivity index (χ1) is 14.4. The van der Waals surface area contributed by atoms with Crippen molar-refractivity contribution in [3.63, 3.8) is 0 Å². The van der Waals surface area contributed by atoms with Gasteiger partial charge in [-0.3, -0.25) is 19.1 Å². The van der Waals surface area contributed by atoms with Gasteiger partial charge in [-0.2, -0.15) is 0 Å². The summed E-state index contributed by atoms with van der Waals surface area (Å²) in [5.74, 6) is 0.443. The Morgan fingerprint density at radius 1 is 1.23 bits per heavy atom. The molecule has 2 saturated heterocycles. The number of hydrogen-bond acceptors (Lipinski definition) is 6. The van der Waals surface area contributed by atoms with Gasteiger partial charge < -0.3 is 14.9 Å². The SMILES string of the molecule is CC(=O)N1CCC(O)(CN2CCC(Cn3cnc(-c4ccncc4)cc3=O)CC2)C1. The molecule has 160 valence electrons. The zero-order valence-electron chi connectivity index (χ0n) is 17.4. The Balaban J connectivity index is 1.30. The van der Waals surface area contributed by atoms with E-state index >= 15 is 0 Å². The molecule has 2 aliphatic rings. The maximum atomic E-state index is 12.5. The molecule has 0 radical (unpaired) electrons. The summed E-state index contributed by atoms with van der Waals surface area (Å²) in [4.78, 5) is 36.5. The van der Waals surface area contributed by atoms with Crippen molar-refractivity contribution in [2.24, 2.45) is 5.92 Å². The Morgan fingerprint density at radius 3 is 2.60 bits per heavy atom. The predicted molar refractivity (Wildman–Crippen MR) is 113 cm³/mol. The molecule has 1 N–H and O–H groups in total. The molecule has 0 aromatic carbocycles. The molecule has 2 fully saturated rings. The number of hydrogen-bond donors (Lipinski definition) is 1. The highest BCUT2D eigenvalue weighted by molar-refractivity contribution is 5.73. The number of carbonyl (C=O) groups excluding carboxylic acids is 1. The molecule has 2 aromatic heterocycles. The number of amides is 1. The van der Waals surface area contributed by atoms with E-state index in [4.69, 9.17) is 0 Å². The second-order valence-corrected chi connectivity index (χ2v) is 8.64. The molecule has 2 aliphatic heterocycles. The molecule has 0 bridgehead atoms. The number of carbonyl (C=O) groups is 1. The summed E-state index contributed by atoms with van der Waals surface area (Å²) in [6, 6.07) is 5.27. The monoisotopic (exact) mass is 411 g/mol. The Kier molecular flexibility index (Phi) is 5.97. The molecule has 30 heavy (non-hydrogen) atoms. The normalized spacial score (nSPS) is 23.1. The van der Waals surface area contributed by atoms with Gasteiger partial charge in [-0.25, -0.2) is 4.98 Å². The van der Waals surface area contributed by atoms with Gasteiger partial charge in [0, 0.05) is 50.6 Å². The van der Waals surface area contributed by atoms with Crippen LogP contribution in [0.5, 0.6) is 0 Å². The lowest BCUT2D eigenvalue weighted by molar-refractivity contribution is -0.129. The summed E-state index contributed by atoms with van der Waals surface area (Å²) in [6.07, 6.45) is 7.61. The molecule has 0 spiro atoms. The highest BCUT2D eigenvalue weighted by atomic mass is 16.3. The third-order valence-corrected chi connectivity index (χ3v) is 6.31. The van der Waals surface area contributed by atoms with Crippen LogP contribution in [-0.2, 0) is 11.3 Å². The molecule has 0 aliphatic carbocycles. The van der Waals surface area contributed by atoms with E-state index in [2.05, 4.69) is 14.9 Å². The predicted octanol–water partition coefficient (Wildman–Crippen LogP) is 1.00. The first-order valence-electron chi connectivity index (χ1n) is 10.6. The quantitative estimate of drug-likeness (QED) is 0.789. The lowest BCUT2D eigenvalue weighted by Gasteiger charge is -2.36. The topological polar surface area (TPSA) is 91.6 Å². The van der Waals surface area contributed by atoms with E-state index in [0.29, 0.717) is 44.2 Å². The number of aromatic nitrogens is 3. The highest BCUT2D eigenvalue weighted by Crippen LogP contribution is 2.26. The van der Waals surface area contributed by atoms with E-state index in [1.807, 2.05) is 12.1 Å². The van der Waals surface area contributed by atoms with E-state index in [0.717, 1.165) is 31.5 Å². The van der Waals surface area contributed by atoms with Crippen LogP contribution in [0.25, 0.3) is 11.3 Å². The molecule has 8 nitrogen and oxygen atoms in total. The zero-order valence-corrected chi connectivity index (χ0v) is 17.4. The minimum Gasteiger partial charge on any atom is -0.387 e. The van der Waals surface area contributed by atoms with Crippen LogP contribution in [0.15, 0.2) is 41.7 Å². The summed E-state index contributed by atoms with van der Waals surface area (Å²) in [5.41, 5.74) is 0.708. The summed E-state index contributed by atoms with van der Waals surface area (Å²) < 4.78 is 1.69. The molecule has 8 heteroatoms. The molecule has 4 heterocycles. The Morgan fingerprint density at radius 2 is 1.97 bits per heavy atom. The Hall–Kier alpha value is -2.58. The summed E-state index contributed by atoms with van der Waals surface area (Å²) >= 11 is 0. The Labute approximate surface area is 176 Å². The molecule has 2 aromatic rings. The minimum absolute atomic E-state index is 0.0265. The number of pyridine rings is 1. The molecule has 4 rings (SSSR count). The number of likely N-dealkylation sites (tertiary alicyclic amines) is 2. The maximum Gasteiger partial charge on any atom is 0.253 e. The molecular formula is C22H29N5O3. The van der Waals surface area contributed by atoms with Crippen LogP contribution in [-0.4, -0.2) is 73.7 Å². The van der Waals surface area contributed by atoms with Crippen molar-refractivity contribution in [2.75, 3.05) is 32.7 Å². The first-order valence-corrected chi connectivity index (χ1v) is 10.6. The van der Waals surface area contributed by atoms with Gasteiger partial charge in [-0.15, -0.1) is 0 Å². The number of β-amino-alcohol motifs (C(OH)–C–C–N with tert-alkyl or cyclic N) is 1. The van der Waals surface area contributed by atoms with E-state index in [9.17, 15) is 14.7 Å². The third-order valence-electron chi connectivity index (χ3n) is 6.31. The maximum absolute atomic E-state index is 12.5. The average molecular weight is 412 g/mol. The van der Waals surface area contributed by atoms with E-state index in [1.165, 1.54) is 0 Å². The molecule has 1 amide bonds. The van der Waals surface area contributed by atoms with Gasteiger partial charge in [0.05, 0.1) is 24.2 Å². The van der Waals surface area contributed by atoms with Gasteiger partial charge >= 0.3 is 0 Å². The van der Waals surface area contributed by atoms with E-state index < -0.39 is 5.60 Å². The second-order valence-electron chi connectivity index (χ2n) is 8.64. The van der Waals surface area contributed by atoms with Gasteiger partial charge in [0.2, 0.25) is 5.91 Å². The summed E-state index contributed by atoms with van der Waals surface area (Å²) in [5, 5.41) is 10.8. The lowest BCUT2D eigenvalue weighted by atomic mass is 9.94. The molecule has 0 saturated carbocycles. The number of aliphatic hydroxyl groups is 1. The molecular weight excluding hydrogens is 382 g/mol. The van der Waals surface area contributed by atoms with Crippen LogP contribution in [0.1, 0.15) is 26.2 Å². The zero-order chi connectivity index (χ0) is 21.1. The van der Waals surface area contributed by atoms with Gasteiger partial charge in [-0.1, -0.05) is 0 Å². The van der Waals surface area contributed by atoms with Crippen molar-refractivity contribution in [1.82, 2.24) is 24.3 Å². The molecule has 1 unspecified atom stereocenters. The fraction of sp³-hybridized carbons (Fsp3) is 0.545. The van der Waals surface area contributed by atoms with Crippen LogP contribution < -0.4 is 5.56 Å². The number of piperidine rings is 1. The second kappa shape index (κ2) is 8.65. The van der Waals surface area contributed by atoms with E-state index in [-0.39, 0.29) is 11.5 Å². The van der Waals surface area contributed by atoms with Crippen LogP contribution in [0, 0.1) is 5.92 Å². The van der Waals surface area contributed by atoms with Crippen molar-refractivity contribution in [3.05, 3.63) is 47.3 Å². The van der Waals surface area contributed by atoms with Crippen LogP contribution >= 0.6 is 0 Å². The van der Waals surface area contributed by atoms with Crippen LogP contribution in [0.4, 0.5) is 0 Å². The van der Waals surface area contributed by atoms with Crippen LogP contribution in [0.3, 0.4) is 0 Å². The van der Waals surface area contributed by atoms with Crippen molar-refractivity contribution < 1.29 is 9.90 Å². The van der Waals surface area contributed by atoms with Gasteiger partial charge in [0.25, 0.3) is 5.56 Å². The number of rotatable bonds is 5. The number of nitrogens with zero attached hydrogens (tertiary/aromatic N) is 5. The van der Waals surface area contributed by atoms with E-state index in [1.54, 1.807) is 41.2 Å². The van der Waals surface area contributed by atoms with Gasteiger partial charge in [-0.05, 0) is 50.4 Å². The van der Waals surface area contributed by atoms with Crippen molar-refractivity contribution in [1.29, 1.82) is 0 Å². The van der Waals surface area contributed by atoms with Crippen molar-refractivity contribution in [3.8, 4) is 11.3 Å². The standard InChI is InChI=1S/C22H29N5O3/c1-17(28)26-11-6-22(30,15-26)14-25-9-4-18(5-10-25)13-27-16-24-20(12-21(27)29)19-2-7-23-8-3-19/h2-3,7-8,12,16,18,30H,4-6,9-11,13-15H2,1H3. The lowest BCUT2D eigenvalue weighted by Crippen LogP contribution is -2.48.